The molecule has 1 heteroatoms. The molecule has 2 aliphatic heterocycles. The van der Waals surface area contributed by atoms with Crippen LogP contribution in [0.25, 0.3) is 0 Å². The van der Waals surface area contributed by atoms with Gasteiger partial charge in [0.15, 0.2) is 0 Å². The second-order valence-corrected chi connectivity index (χ2v) is 9.30. The van der Waals surface area contributed by atoms with Gasteiger partial charge in [-0.05, 0) is 21.5 Å². The molecule has 2 aliphatic rings. The predicted octanol–water partition coefficient (Wildman–Crippen LogP) is 5.59. The third kappa shape index (κ3) is 2.16. The Labute approximate surface area is 116 Å². The van der Waals surface area contributed by atoms with Crippen LogP contribution in [0.15, 0.2) is 0 Å². The Morgan fingerprint density at radius 1 is 0.611 bits per heavy atom. The highest BCUT2D eigenvalue weighted by Crippen LogP contribution is 2.68. The Kier molecular flexibility index (Phi) is 3.44. The van der Waals surface area contributed by atoms with E-state index in [0.29, 0.717) is 21.5 Å². The van der Waals surface area contributed by atoms with Gasteiger partial charge in [-0.2, -0.15) is 0 Å². The van der Waals surface area contributed by atoms with Crippen LogP contribution in [0.3, 0.4) is 0 Å². The van der Waals surface area contributed by atoms with Gasteiger partial charge in [0, 0.05) is 0 Å². The number of hydrogen-bond donors (Lipinski definition) is 0. The minimum Gasteiger partial charge on any atom is -0.0603 e. The minimum absolute atomic E-state index is 0.480. The van der Waals surface area contributed by atoms with E-state index in [1.54, 1.807) is 0 Å². The molecule has 2 saturated heterocycles. The van der Waals surface area contributed by atoms with Crippen LogP contribution in [0, 0.1) is 10.8 Å². The number of rotatable bonds is 0. The fourth-order valence-corrected chi connectivity index (χ4v) is 4.97. The van der Waals surface area contributed by atoms with E-state index < -0.39 is 0 Å². The molecular weight excluding hydrogens is 215 g/mol. The zero-order valence-electron chi connectivity index (χ0n) is 13.7. The Balaban J connectivity index is 2.40. The minimum atomic E-state index is 0.480. The summed E-state index contributed by atoms with van der Waals surface area (Å²) in [5, 5.41) is 1.24. The molecule has 2 fully saturated rings. The molecule has 0 aliphatic carbocycles. The van der Waals surface area contributed by atoms with Crippen LogP contribution in [-0.4, -0.2) is 7.28 Å². The third-order valence-electron chi connectivity index (χ3n) is 6.73. The molecule has 0 aromatic rings. The smallest absolute Gasteiger partial charge is 0.0603 e. The van der Waals surface area contributed by atoms with Crippen molar-refractivity contribution >= 4 is 7.28 Å². The first-order chi connectivity index (χ1) is 8.12. The van der Waals surface area contributed by atoms with Crippen LogP contribution < -0.4 is 0 Å². The molecule has 0 aromatic heterocycles. The van der Waals surface area contributed by atoms with E-state index in [2.05, 4.69) is 41.5 Å². The summed E-state index contributed by atoms with van der Waals surface area (Å²) >= 11 is 0. The van der Waals surface area contributed by atoms with Crippen LogP contribution in [0.1, 0.15) is 86.5 Å². The van der Waals surface area contributed by atoms with Crippen LogP contribution in [0.5, 0.6) is 0 Å². The van der Waals surface area contributed by atoms with Crippen molar-refractivity contribution in [1.82, 2.24) is 0 Å². The zero-order valence-corrected chi connectivity index (χ0v) is 13.7. The zero-order chi connectivity index (χ0) is 13.7. The lowest BCUT2D eigenvalue weighted by Crippen LogP contribution is -2.47. The topological polar surface area (TPSA) is 0 Å². The fraction of sp³-hybridized carbons (Fsp3) is 1.00. The molecule has 0 N–H and O–H groups in total. The maximum atomic E-state index is 2.50. The van der Waals surface area contributed by atoms with Gasteiger partial charge >= 0.3 is 0 Å². The maximum Gasteiger partial charge on any atom is 0.136 e. The number of hydrogen-bond acceptors (Lipinski definition) is 0. The Morgan fingerprint density at radius 3 is 1.28 bits per heavy atom. The summed E-state index contributed by atoms with van der Waals surface area (Å²) in [6, 6.07) is 0. The molecule has 0 amide bonds. The van der Waals surface area contributed by atoms with E-state index in [-0.39, 0.29) is 0 Å². The second-order valence-electron chi connectivity index (χ2n) is 9.30. The van der Waals surface area contributed by atoms with Gasteiger partial charge < -0.3 is 0 Å². The molecule has 104 valence electrons. The molecule has 0 saturated carbocycles. The van der Waals surface area contributed by atoms with E-state index >= 15 is 0 Å². The van der Waals surface area contributed by atoms with Gasteiger partial charge in [-0.1, -0.05) is 86.5 Å². The summed E-state index contributed by atoms with van der Waals surface area (Å²) in [6.07, 6.45) is 10.3. The van der Waals surface area contributed by atoms with Crippen LogP contribution >= 0.6 is 0 Å². The highest BCUT2D eigenvalue weighted by atomic mass is 14.5. The molecule has 2 bridgehead atoms. The van der Waals surface area contributed by atoms with Gasteiger partial charge in [0.05, 0.1) is 0 Å². The highest BCUT2D eigenvalue weighted by molar-refractivity contribution is 6.45. The SMILES string of the molecule is CC(C)(C)C12BC(C(C)(C)C)(CCCC1)CCC2. The summed E-state index contributed by atoms with van der Waals surface area (Å²) in [5.41, 5.74) is 0.961. The first-order valence-corrected chi connectivity index (χ1v) is 8.12. The van der Waals surface area contributed by atoms with E-state index in [9.17, 15) is 0 Å². The standard InChI is InChI=1S/C17H33B/c1-14(2,3)16-10-7-8-11-17(18-16,13-9-12-16)15(4,5)6/h18H,7-13H2,1-6H3. The first-order valence-electron chi connectivity index (χ1n) is 8.12. The van der Waals surface area contributed by atoms with E-state index in [4.69, 9.17) is 0 Å². The van der Waals surface area contributed by atoms with Crippen LogP contribution in [0.4, 0.5) is 0 Å². The number of fused-ring (bicyclic) bond motifs is 2. The summed E-state index contributed by atoms with van der Waals surface area (Å²) < 4.78 is 0. The summed E-state index contributed by atoms with van der Waals surface area (Å²) in [6.45, 7) is 15.0. The Morgan fingerprint density at radius 2 is 0.944 bits per heavy atom. The molecular formula is C17H33B. The third-order valence-corrected chi connectivity index (χ3v) is 6.73. The average molecular weight is 248 g/mol. The molecule has 0 aromatic carbocycles. The molecule has 2 heterocycles. The van der Waals surface area contributed by atoms with Crippen molar-refractivity contribution in [3.05, 3.63) is 0 Å². The van der Waals surface area contributed by atoms with Crippen LogP contribution in [0.2, 0.25) is 10.6 Å². The highest BCUT2D eigenvalue weighted by Gasteiger charge is 2.55. The molecule has 2 atom stereocenters. The van der Waals surface area contributed by atoms with Crippen molar-refractivity contribution in [3.63, 3.8) is 0 Å². The lowest BCUT2D eigenvalue weighted by atomic mass is 9.25. The molecule has 0 spiro atoms. The van der Waals surface area contributed by atoms with Crippen molar-refractivity contribution < 1.29 is 0 Å². The molecule has 2 unspecified atom stereocenters. The van der Waals surface area contributed by atoms with E-state index in [0.717, 1.165) is 0 Å². The largest absolute Gasteiger partial charge is 0.136 e. The molecule has 2 rings (SSSR count). The van der Waals surface area contributed by atoms with E-state index in [1.165, 1.54) is 52.2 Å². The summed E-state index contributed by atoms with van der Waals surface area (Å²) in [5.74, 6) is 0. The monoisotopic (exact) mass is 248 g/mol. The van der Waals surface area contributed by atoms with E-state index in [1.807, 2.05) is 0 Å². The van der Waals surface area contributed by atoms with Gasteiger partial charge in [-0.15, -0.1) is 0 Å². The van der Waals surface area contributed by atoms with Crippen molar-refractivity contribution in [2.24, 2.45) is 10.8 Å². The Hall–Kier alpha value is 0.0649. The van der Waals surface area contributed by atoms with Crippen molar-refractivity contribution in [1.29, 1.82) is 0 Å². The van der Waals surface area contributed by atoms with Crippen LogP contribution in [-0.2, 0) is 0 Å². The summed E-state index contributed by atoms with van der Waals surface area (Å²) in [4.78, 5) is 0. The Bertz CT molecular complexity index is 277. The molecule has 0 nitrogen and oxygen atoms in total. The van der Waals surface area contributed by atoms with Gasteiger partial charge in [0.25, 0.3) is 0 Å². The maximum absolute atomic E-state index is 2.50. The van der Waals surface area contributed by atoms with Crippen molar-refractivity contribution in [3.8, 4) is 0 Å². The summed E-state index contributed by atoms with van der Waals surface area (Å²) in [7, 11) is 1.49. The van der Waals surface area contributed by atoms with Crippen molar-refractivity contribution in [2.45, 2.75) is 97.1 Å². The normalized spacial score (nSPS) is 37.9. The van der Waals surface area contributed by atoms with Crippen molar-refractivity contribution in [2.75, 3.05) is 0 Å². The quantitative estimate of drug-likeness (QED) is 0.490. The fourth-order valence-electron chi connectivity index (χ4n) is 4.97. The van der Waals surface area contributed by atoms with Gasteiger partial charge in [-0.25, -0.2) is 0 Å². The lowest BCUT2D eigenvalue weighted by molar-refractivity contribution is 0.164. The predicted molar refractivity (Wildman–Crippen MR) is 83.8 cm³/mol. The van der Waals surface area contributed by atoms with Gasteiger partial charge in [-0.3, -0.25) is 0 Å². The van der Waals surface area contributed by atoms with Gasteiger partial charge in [0.2, 0.25) is 0 Å². The van der Waals surface area contributed by atoms with Gasteiger partial charge in [0.1, 0.15) is 7.28 Å². The first kappa shape index (κ1) is 14.5. The lowest BCUT2D eigenvalue weighted by Gasteiger charge is -2.57. The molecule has 18 heavy (non-hydrogen) atoms. The average Bonchev–Trinajstić information content (AvgIpc) is 2.35. The second kappa shape index (κ2) is 4.28. The molecule has 0 radical (unpaired) electrons.